The highest BCUT2D eigenvalue weighted by Gasteiger charge is 2.32. The maximum absolute atomic E-state index is 13.6. The second-order valence-corrected chi connectivity index (χ2v) is 10.6. The van der Waals surface area contributed by atoms with Crippen LogP contribution in [0.5, 0.6) is 0 Å². The molecular weight excluding hydrogens is 475 g/mol. The van der Waals surface area contributed by atoms with E-state index in [1.807, 2.05) is 12.1 Å². The van der Waals surface area contributed by atoms with Crippen LogP contribution in [0, 0.1) is 25.7 Å². The number of hydrogen-bond donors (Lipinski definition) is 0. The minimum absolute atomic E-state index is 0.0159. The number of halogens is 3. The van der Waals surface area contributed by atoms with Gasteiger partial charge in [0, 0.05) is 23.0 Å². The van der Waals surface area contributed by atoms with Crippen LogP contribution >= 0.6 is 11.8 Å². The van der Waals surface area contributed by atoms with Gasteiger partial charge in [0.15, 0.2) is 10.9 Å². The van der Waals surface area contributed by atoms with Gasteiger partial charge in [0.1, 0.15) is 6.54 Å². The zero-order chi connectivity index (χ0) is 25.5. The summed E-state index contributed by atoms with van der Waals surface area (Å²) in [5.41, 5.74) is 1.42. The summed E-state index contributed by atoms with van der Waals surface area (Å²) in [5, 5.41) is 1.03. The normalized spacial score (nSPS) is 20.9. The van der Waals surface area contributed by atoms with E-state index in [0.717, 1.165) is 23.8 Å². The lowest BCUT2D eigenvalue weighted by molar-refractivity contribution is -0.141. The molecule has 0 amide bonds. The molecule has 0 radical (unpaired) electrons. The van der Waals surface area contributed by atoms with Gasteiger partial charge in [-0.05, 0) is 50.3 Å². The van der Waals surface area contributed by atoms with Gasteiger partial charge in [-0.3, -0.25) is 14.2 Å². The lowest BCUT2D eigenvalue weighted by Gasteiger charge is -2.36. The van der Waals surface area contributed by atoms with Crippen LogP contribution in [-0.2, 0) is 6.54 Å². The second-order valence-electron chi connectivity index (χ2n) is 9.62. The number of aromatic nitrogens is 3. The Balaban J connectivity index is 1.67. The zero-order valence-electron chi connectivity index (χ0n) is 20.4. The molecule has 3 aromatic rings. The molecule has 0 unspecified atom stereocenters. The third-order valence-corrected chi connectivity index (χ3v) is 8.27. The van der Waals surface area contributed by atoms with Crippen molar-refractivity contribution in [2.45, 2.75) is 70.9 Å². The molecule has 0 aliphatic heterocycles. The van der Waals surface area contributed by atoms with Crippen LogP contribution < -0.4 is 5.56 Å². The van der Waals surface area contributed by atoms with Gasteiger partial charge >= 0.3 is 6.18 Å². The number of thioether (sulfide) groups is 1. The number of carbonyl (C=O) groups excluding carboxylic acids is 1. The lowest BCUT2D eigenvalue weighted by Crippen LogP contribution is -2.35. The SMILES string of the molecule is Cc1cc(C(=O)CSc2nc3ccccc3c(=O)n2[C@H]2CCC[C@H](C)[C@@H]2C)c(C)n1CC(F)(F)F. The lowest BCUT2D eigenvalue weighted by atomic mass is 9.78. The van der Waals surface area contributed by atoms with Crippen molar-refractivity contribution in [1.29, 1.82) is 0 Å². The first-order chi connectivity index (χ1) is 16.5. The van der Waals surface area contributed by atoms with E-state index < -0.39 is 12.7 Å². The van der Waals surface area contributed by atoms with Gasteiger partial charge < -0.3 is 4.57 Å². The number of hydrogen-bond acceptors (Lipinski definition) is 4. The van der Waals surface area contributed by atoms with Crippen LogP contribution in [-0.4, -0.2) is 31.8 Å². The van der Waals surface area contributed by atoms with Crippen LogP contribution in [0.2, 0.25) is 0 Å². The summed E-state index contributed by atoms with van der Waals surface area (Å²) in [6, 6.07) is 8.68. The summed E-state index contributed by atoms with van der Waals surface area (Å²) in [6.07, 6.45) is -1.38. The number of ketones is 1. The molecule has 188 valence electrons. The smallest absolute Gasteiger partial charge is 0.339 e. The van der Waals surface area contributed by atoms with Gasteiger partial charge in [0.05, 0.1) is 16.7 Å². The Morgan fingerprint density at radius 2 is 1.89 bits per heavy atom. The molecule has 1 aliphatic carbocycles. The molecule has 35 heavy (non-hydrogen) atoms. The van der Waals surface area contributed by atoms with Crippen molar-refractivity contribution < 1.29 is 18.0 Å². The number of fused-ring (bicyclic) bond motifs is 1. The zero-order valence-corrected chi connectivity index (χ0v) is 21.2. The fraction of sp³-hybridized carbons (Fsp3) is 0.500. The highest BCUT2D eigenvalue weighted by molar-refractivity contribution is 7.99. The maximum Gasteiger partial charge on any atom is 0.406 e. The number of alkyl halides is 3. The van der Waals surface area contributed by atoms with E-state index in [-0.39, 0.29) is 34.6 Å². The summed E-state index contributed by atoms with van der Waals surface area (Å²) < 4.78 is 41.8. The first-order valence-electron chi connectivity index (χ1n) is 11.9. The van der Waals surface area contributed by atoms with Crippen molar-refractivity contribution >= 4 is 28.4 Å². The monoisotopic (exact) mass is 505 g/mol. The molecule has 0 N–H and O–H groups in total. The van der Waals surface area contributed by atoms with Crippen LogP contribution in [0.4, 0.5) is 13.2 Å². The first kappa shape index (κ1) is 25.5. The topological polar surface area (TPSA) is 56.9 Å². The third kappa shape index (κ3) is 5.20. The molecule has 1 fully saturated rings. The van der Waals surface area contributed by atoms with Crippen molar-refractivity contribution in [1.82, 2.24) is 14.1 Å². The molecule has 1 saturated carbocycles. The van der Waals surface area contributed by atoms with Gasteiger partial charge in [-0.1, -0.05) is 50.6 Å². The van der Waals surface area contributed by atoms with Gasteiger partial charge in [0.2, 0.25) is 0 Å². The van der Waals surface area contributed by atoms with E-state index in [9.17, 15) is 22.8 Å². The number of carbonyl (C=O) groups is 1. The molecule has 5 nitrogen and oxygen atoms in total. The third-order valence-electron chi connectivity index (χ3n) is 7.31. The quantitative estimate of drug-likeness (QED) is 0.223. The number of Topliss-reactive ketones (excluding diaryl/α,β-unsaturated/α-hetero) is 1. The van der Waals surface area contributed by atoms with Crippen LogP contribution in [0.25, 0.3) is 10.9 Å². The molecule has 1 aromatic carbocycles. The maximum atomic E-state index is 13.6. The fourth-order valence-corrected chi connectivity index (χ4v) is 6.09. The predicted molar refractivity (Wildman–Crippen MR) is 132 cm³/mol. The Morgan fingerprint density at radius 3 is 2.60 bits per heavy atom. The average Bonchev–Trinajstić information content (AvgIpc) is 3.07. The largest absolute Gasteiger partial charge is 0.406 e. The van der Waals surface area contributed by atoms with Crippen LogP contribution in [0.1, 0.15) is 60.9 Å². The molecule has 2 heterocycles. The predicted octanol–water partition coefficient (Wildman–Crippen LogP) is 6.35. The van der Waals surface area contributed by atoms with E-state index in [1.54, 1.807) is 23.6 Å². The molecule has 3 atom stereocenters. The Kier molecular flexibility index (Phi) is 7.18. The van der Waals surface area contributed by atoms with Crippen molar-refractivity contribution in [3.63, 3.8) is 0 Å². The number of nitrogens with zero attached hydrogens (tertiary/aromatic N) is 3. The number of rotatable bonds is 6. The van der Waals surface area contributed by atoms with Gasteiger partial charge in [-0.2, -0.15) is 13.2 Å². The first-order valence-corrected chi connectivity index (χ1v) is 12.9. The summed E-state index contributed by atoms with van der Waals surface area (Å²) in [4.78, 5) is 31.4. The van der Waals surface area contributed by atoms with Crippen LogP contribution in [0.3, 0.4) is 0 Å². The highest BCUT2D eigenvalue weighted by Crippen LogP contribution is 2.39. The van der Waals surface area contributed by atoms with E-state index in [0.29, 0.717) is 33.4 Å². The summed E-state index contributed by atoms with van der Waals surface area (Å²) in [7, 11) is 0. The molecular formula is C26H30F3N3O2S. The number of aryl methyl sites for hydroxylation is 1. The molecule has 2 aromatic heterocycles. The number of benzene rings is 1. The molecule has 0 saturated heterocycles. The molecule has 0 spiro atoms. The van der Waals surface area contributed by atoms with Gasteiger partial charge in [0.25, 0.3) is 5.56 Å². The fourth-order valence-electron chi connectivity index (χ4n) is 5.15. The minimum atomic E-state index is -4.37. The Morgan fingerprint density at radius 1 is 1.17 bits per heavy atom. The van der Waals surface area contributed by atoms with E-state index in [1.165, 1.54) is 24.8 Å². The Bertz CT molecular complexity index is 1310. The number of para-hydroxylation sites is 1. The van der Waals surface area contributed by atoms with Crippen molar-refractivity contribution in [2.24, 2.45) is 11.8 Å². The highest BCUT2D eigenvalue weighted by atomic mass is 32.2. The Labute approximate surface area is 206 Å². The standard InChI is InChI=1S/C26H30F3N3O2S/c1-15-8-7-11-22(17(15)3)32-24(34)19-9-5-6-10-21(19)30-25(32)35-13-23(33)20-12-16(2)31(18(20)4)14-26(27,28)29/h5-6,9-10,12,15,17,22H,7-8,11,13-14H2,1-4H3/t15-,17-,22-/m0/s1. The van der Waals surface area contributed by atoms with Crippen molar-refractivity contribution in [3.8, 4) is 0 Å². The van der Waals surface area contributed by atoms with E-state index >= 15 is 0 Å². The summed E-state index contributed by atoms with van der Waals surface area (Å²) in [5.74, 6) is 0.444. The minimum Gasteiger partial charge on any atom is -0.339 e. The van der Waals surface area contributed by atoms with Gasteiger partial charge in [-0.15, -0.1) is 0 Å². The molecule has 4 rings (SSSR count). The summed E-state index contributed by atoms with van der Waals surface area (Å²) in [6.45, 7) is 6.33. The van der Waals surface area contributed by atoms with Gasteiger partial charge in [-0.25, -0.2) is 4.98 Å². The van der Waals surface area contributed by atoms with Crippen molar-refractivity contribution in [2.75, 3.05) is 5.75 Å². The average molecular weight is 506 g/mol. The molecule has 1 aliphatic rings. The molecule has 9 heteroatoms. The molecule has 0 bridgehead atoms. The Hall–Kier alpha value is -2.55. The van der Waals surface area contributed by atoms with E-state index in [2.05, 4.69) is 13.8 Å². The summed E-state index contributed by atoms with van der Waals surface area (Å²) >= 11 is 1.18. The van der Waals surface area contributed by atoms with E-state index in [4.69, 9.17) is 4.98 Å². The van der Waals surface area contributed by atoms with Crippen LogP contribution in [0.15, 0.2) is 40.3 Å². The second kappa shape index (κ2) is 9.84. The van der Waals surface area contributed by atoms with Crippen molar-refractivity contribution in [3.05, 3.63) is 57.6 Å².